The van der Waals surface area contributed by atoms with E-state index in [1.54, 1.807) is 0 Å². The predicted octanol–water partition coefficient (Wildman–Crippen LogP) is 4.04. The van der Waals surface area contributed by atoms with Gasteiger partial charge in [0.05, 0.1) is 0 Å². The number of fused-ring (bicyclic) bond motifs is 3. The molecular weight excluding hydrogens is 458 g/mol. The number of nitrogens with one attached hydrogen (secondary N) is 1. The lowest BCUT2D eigenvalue weighted by Gasteiger charge is -2.47. The van der Waals surface area contributed by atoms with Crippen LogP contribution in [0.3, 0.4) is 0 Å². The van der Waals surface area contributed by atoms with Gasteiger partial charge in [0.1, 0.15) is 18.1 Å². The highest BCUT2D eigenvalue weighted by atomic mass is 19.3. The van der Waals surface area contributed by atoms with Gasteiger partial charge in [-0.25, -0.2) is 13.6 Å². The predicted molar refractivity (Wildman–Crippen MR) is 124 cm³/mol. The first kappa shape index (κ1) is 24.4. The maximum atomic E-state index is 13.2. The Morgan fingerprint density at radius 1 is 1.11 bits per heavy atom. The molecule has 1 atom stereocenters. The summed E-state index contributed by atoms with van der Waals surface area (Å²) in [4.78, 5) is 38.1. The first-order valence-corrected chi connectivity index (χ1v) is 11.3. The molecule has 0 aromatic heterocycles. The minimum Gasteiger partial charge on any atom is -0.481 e. The maximum absolute atomic E-state index is 13.2. The molecule has 184 valence electrons. The first-order chi connectivity index (χ1) is 16.8. The summed E-state index contributed by atoms with van der Waals surface area (Å²) in [7, 11) is 0. The molecule has 1 heterocycles. The zero-order chi connectivity index (χ0) is 25.2. The Morgan fingerprint density at radius 3 is 2.20 bits per heavy atom. The number of hydrogen-bond acceptors (Lipinski definition) is 4. The van der Waals surface area contributed by atoms with Crippen LogP contribution in [0.15, 0.2) is 61.2 Å². The molecule has 2 aliphatic rings. The number of allylic oxidation sites excluding steroid dienone is 1. The van der Waals surface area contributed by atoms with Crippen molar-refractivity contribution in [2.45, 2.75) is 31.2 Å². The normalized spacial score (nSPS) is 16.6. The van der Waals surface area contributed by atoms with Crippen molar-refractivity contribution >= 4 is 18.0 Å². The Hall–Kier alpha value is -3.75. The van der Waals surface area contributed by atoms with E-state index in [1.165, 1.54) is 6.08 Å². The summed E-state index contributed by atoms with van der Waals surface area (Å²) < 4.78 is 31.7. The van der Waals surface area contributed by atoms with E-state index in [0.717, 1.165) is 27.2 Å². The van der Waals surface area contributed by atoms with Gasteiger partial charge in [-0.1, -0.05) is 54.6 Å². The Morgan fingerprint density at radius 2 is 1.69 bits per heavy atom. The number of halogens is 2. The number of hydrogen-bond donors (Lipinski definition) is 2. The van der Waals surface area contributed by atoms with E-state index < -0.39 is 42.3 Å². The topological polar surface area (TPSA) is 95.9 Å². The van der Waals surface area contributed by atoms with E-state index in [9.17, 15) is 28.3 Å². The van der Waals surface area contributed by atoms with E-state index in [-0.39, 0.29) is 32.0 Å². The molecular formula is C26H26F2N2O5. The van der Waals surface area contributed by atoms with Crippen LogP contribution < -0.4 is 5.32 Å². The third kappa shape index (κ3) is 4.76. The smallest absolute Gasteiger partial charge is 0.407 e. The molecule has 2 aromatic rings. The molecule has 1 fully saturated rings. The van der Waals surface area contributed by atoms with Crippen LogP contribution in [-0.4, -0.2) is 60.1 Å². The number of alkyl halides is 2. The van der Waals surface area contributed by atoms with Gasteiger partial charge in [-0.05, 0) is 28.7 Å². The summed E-state index contributed by atoms with van der Waals surface area (Å²) in [5.41, 5.74) is 2.89. The lowest BCUT2D eigenvalue weighted by Crippen LogP contribution is -2.65. The molecule has 0 saturated carbocycles. The Balaban J connectivity index is 1.41. The summed E-state index contributed by atoms with van der Waals surface area (Å²) in [5.74, 6) is -2.07. The van der Waals surface area contributed by atoms with Gasteiger partial charge >= 0.3 is 12.1 Å². The van der Waals surface area contributed by atoms with Crippen molar-refractivity contribution < 1.29 is 33.0 Å². The van der Waals surface area contributed by atoms with Crippen LogP contribution in [0.25, 0.3) is 11.1 Å². The fraction of sp³-hybridized carbons (Fsp3) is 0.346. The molecule has 4 rings (SSSR count). The van der Waals surface area contributed by atoms with Crippen LogP contribution in [0.4, 0.5) is 13.6 Å². The number of carboxylic acid groups (broad SMARTS) is 1. The number of ether oxygens (including phenoxy) is 1. The fourth-order valence-corrected chi connectivity index (χ4v) is 4.87. The number of nitrogens with zero attached hydrogens (tertiary/aromatic N) is 1. The van der Waals surface area contributed by atoms with Gasteiger partial charge < -0.3 is 20.1 Å². The number of amides is 2. The quantitative estimate of drug-likeness (QED) is 0.524. The monoisotopic (exact) mass is 484 g/mol. The highest BCUT2D eigenvalue weighted by Crippen LogP contribution is 2.44. The zero-order valence-corrected chi connectivity index (χ0v) is 19.0. The van der Waals surface area contributed by atoms with E-state index in [2.05, 4.69) is 11.9 Å². The molecule has 0 bridgehead atoms. The SMILES string of the molecule is C=CCC1(C(=O)O)CN(C(=O)C(CC(F)F)NC(=O)OCC2c3ccccc3-c3ccccc32)C1. The van der Waals surface area contributed by atoms with Gasteiger partial charge in [0.2, 0.25) is 12.3 Å². The van der Waals surface area contributed by atoms with E-state index in [4.69, 9.17) is 4.74 Å². The molecule has 2 aromatic carbocycles. The molecule has 2 N–H and O–H groups in total. The molecule has 1 aliphatic heterocycles. The van der Waals surface area contributed by atoms with Crippen molar-refractivity contribution in [2.24, 2.45) is 5.41 Å². The van der Waals surface area contributed by atoms with Crippen LogP contribution >= 0.6 is 0 Å². The van der Waals surface area contributed by atoms with Crippen molar-refractivity contribution in [3.63, 3.8) is 0 Å². The molecule has 0 spiro atoms. The van der Waals surface area contributed by atoms with Crippen LogP contribution in [0.2, 0.25) is 0 Å². The number of carbonyl (C=O) groups excluding carboxylic acids is 2. The number of carbonyl (C=O) groups is 3. The van der Waals surface area contributed by atoms with Crippen molar-refractivity contribution in [3.8, 4) is 11.1 Å². The third-order valence-corrected chi connectivity index (χ3v) is 6.64. The molecule has 1 unspecified atom stereocenters. The van der Waals surface area contributed by atoms with Gasteiger partial charge in [-0.2, -0.15) is 0 Å². The molecule has 2 amide bonds. The first-order valence-electron chi connectivity index (χ1n) is 11.3. The van der Waals surface area contributed by atoms with Crippen molar-refractivity contribution in [2.75, 3.05) is 19.7 Å². The van der Waals surface area contributed by atoms with Gasteiger partial charge in [-0.3, -0.25) is 9.59 Å². The van der Waals surface area contributed by atoms with Gasteiger partial charge in [0.15, 0.2) is 0 Å². The third-order valence-electron chi connectivity index (χ3n) is 6.64. The van der Waals surface area contributed by atoms with Crippen molar-refractivity contribution in [1.82, 2.24) is 10.2 Å². The average molecular weight is 484 g/mol. The Kier molecular flexibility index (Phi) is 6.86. The number of alkyl carbamates (subject to hydrolysis) is 1. The summed E-state index contributed by atoms with van der Waals surface area (Å²) in [6.45, 7) is 3.23. The van der Waals surface area contributed by atoms with Gasteiger partial charge in [0.25, 0.3) is 0 Å². The summed E-state index contributed by atoms with van der Waals surface area (Å²) in [6, 6.07) is 14.0. The Bertz CT molecular complexity index is 1100. The highest BCUT2D eigenvalue weighted by molar-refractivity contribution is 5.89. The fourth-order valence-electron chi connectivity index (χ4n) is 4.87. The van der Waals surface area contributed by atoms with Gasteiger partial charge in [-0.15, -0.1) is 6.58 Å². The minimum absolute atomic E-state index is 0.0272. The minimum atomic E-state index is -2.85. The second kappa shape index (κ2) is 9.85. The lowest BCUT2D eigenvalue weighted by molar-refractivity contribution is -0.166. The van der Waals surface area contributed by atoms with Crippen LogP contribution in [-0.2, 0) is 14.3 Å². The molecule has 0 radical (unpaired) electrons. The number of rotatable bonds is 9. The second-order valence-electron chi connectivity index (χ2n) is 8.92. The molecule has 9 heteroatoms. The number of benzene rings is 2. The maximum Gasteiger partial charge on any atom is 0.407 e. The second-order valence-corrected chi connectivity index (χ2v) is 8.92. The summed E-state index contributed by atoms with van der Waals surface area (Å²) in [5, 5.41) is 11.7. The molecule has 7 nitrogen and oxygen atoms in total. The number of carboxylic acids is 1. The Labute approximate surface area is 201 Å². The zero-order valence-electron chi connectivity index (χ0n) is 19.0. The van der Waals surface area contributed by atoms with E-state index >= 15 is 0 Å². The molecule has 1 aliphatic carbocycles. The number of likely N-dealkylation sites (tertiary alicyclic amines) is 1. The molecule has 1 saturated heterocycles. The largest absolute Gasteiger partial charge is 0.481 e. The van der Waals surface area contributed by atoms with Crippen molar-refractivity contribution in [1.29, 1.82) is 0 Å². The average Bonchev–Trinajstić information content (AvgIpc) is 3.12. The standard InChI is InChI=1S/C26H26F2N2O5/c1-2-11-26(24(32)33)14-30(15-26)23(31)21(12-22(27)28)29-25(34)35-13-20-18-9-5-3-7-16(18)17-8-4-6-10-19(17)20/h2-10,20-22H,1,11-15H2,(H,29,34)(H,32,33). The lowest BCUT2D eigenvalue weighted by atomic mass is 9.76. The van der Waals surface area contributed by atoms with Gasteiger partial charge in [0, 0.05) is 25.4 Å². The van der Waals surface area contributed by atoms with Crippen LogP contribution in [0.5, 0.6) is 0 Å². The van der Waals surface area contributed by atoms with E-state index in [0.29, 0.717) is 0 Å². The number of aliphatic carboxylic acids is 1. The summed E-state index contributed by atoms with van der Waals surface area (Å²) in [6.07, 6.45) is -3.15. The van der Waals surface area contributed by atoms with Crippen LogP contribution in [0.1, 0.15) is 29.9 Å². The van der Waals surface area contributed by atoms with Crippen molar-refractivity contribution in [3.05, 3.63) is 72.3 Å². The highest BCUT2D eigenvalue weighted by Gasteiger charge is 2.51. The molecule has 35 heavy (non-hydrogen) atoms. The van der Waals surface area contributed by atoms with Crippen LogP contribution in [0, 0.1) is 5.41 Å². The summed E-state index contributed by atoms with van der Waals surface area (Å²) >= 11 is 0. The van der Waals surface area contributed by atoms with E-state index in [1.807, 2.05) is 48.5 Å².